The number of rotatable bonds is 3. The molecule has 1 aromatic carbocycles. The van der Waals surface area contributed by atoms with Crippen LogP contribution in [0.25, 0.3) is 0 Å². The van der Waals surface area contributed by atoms with E-state index >= 15 is 0 Å². The van der Waals surface area contributed by atoms with Crippen LogP contribution < -0.4 is 0 Å². The van der Waals surface area contributed by atoms with Crippen LogP contribution in [-0.4, -0.2) is 11.1 Å². The second-order valence-corrected chi connectivity index (χ2v) is 3.51. The maximum Gasteiger partial charge on any atom is 0.416 e. The minimum absolute atomic E-state index is 0.316. The van der Waals surface area contributed by atoms with Crippen LogP contribution in [0.3, 0.4) is 0 Å². The van der Waals surface area contributed by atoms with Crippen molar-refractivity contribution in [1.82, 2.24) is 0 Å². The number of carbonyl (C=O) groups is 1. The summed E-state index contributed by atoms with van der Waals surface area (Å²) in [7, 11) is 0. The minimum Gasteiger partial charge on any atom is -0.481 e. The normalized spacial score (nSPS) is 10.5. The van der Waals surface area contributed by atoms with E-state index in [0.29, 0.717) is 12.5 Å². The van der Waals surface area contributed by atoms with Crippen molar-refractivity contribution < 1.29 is 27.5 Å². The molecule has 0 aliphatic heterocycles. The summed E-state index contributed by atoms with van der Waals surface area (Å²) < 4.78 is 47.6. The third kappa shape index (κ3) is 7.65. The second kappa shape index (κ2) is 7.68. The molecule has 0 spiro atoms. The molecule has 18 heavy (non-hydrogen) atoms. The van der Waals surface area contributed by atoms with Gasteiger partial charge in [-0.15, -0.1) is 0 Å². The van der Waals surface area contributed by atoms with E-state index in [4.69, 9.17) is 5.11 Å². The predicted molar refractivity (Wildman–Crippen MR) is 58.6 cm³/mol. The van der Waals surface area contributed by atoms with Crippen LogP contribution in [0, 0.1) is 5.82 Å². The van der Waals surface area contributed by atoms with Gasteiger partial charge in [0.15, 0.2) is 0 Å². The summed E-state index contributed by atoms with van der Waals surface area (Å²) in [6.07, 6.45) is -2.37. The minimum atomic E-state index is -4.46. The first-order chi connectivity index (χ1) is 8.27. The van der Waals surface area contributed by atoms with E-state index < -0.39 is 23.5 Å². The van der Waals surface area contributed by atoms with Gasteiger partial charge in [-0.2, -0.15) is 13.2 Å². The number of hydrogen-bond acceptors (Lipinski definition) is 1. The maximum absolute atomic E-state index is 12.2. The van der Waals surface area contributed by atoms with E-state index in [1.807, 2.05) is 6.92 Å². The third-order valence-corrected chi connectivity index (χ3v) is 1.90. The Morgan fingerprint density at radius 1 is 1.33 bits per heavy atom. The fourth-order valence-corrected chi connectivity index (χ4v) is 0.993. The van der Waals surface area contributed by atoms with Gasteiger partial charge in [0.05, 0.1) is 5.56 Å². The zero-order chi connectivity index (χ0) is 14.2. The van der Waals surface area contributed by atoms with Crippen molar-refractivity contribution in [2.75, 3.05) is 0 Å². The molecule has 2 nitrogen and oxygen atoms in total. The molecule has 1 N–H and O–H groups in total. The Morgan fingerprint density at radius 3 is 2.22 bits per heavy atom. The standard InChI is InChI=1S/C7H4F4.C5H10O2/c8-6-3-1-2-5(4-6)7(9,10)11;1-2-3-4-5(6)7/h1-4H;2-4H2,1H3,(H,6,7). The van der Waals surface area contributed by atoms with Gasteiger partial charge in [0.2, 0.25) is 0 Å². The molecule has 0 saturated heterocycles. The second-order valence-electron chi connectivity index (χ2n) is 3.51. The molecule has 0 aromatic heterocycles. The van der Waals surface area contributed by atoms with E-state index in [1.165, 1.54) is 0 Å². The number of benzene rings is 1. The summed E-state index contributed by atoms with van der Waals surface area (Å²) in [6.45, 7) is 1.98. The van der Waals surface area contributed by atoms with Gasteiger partial charge in [0, 0.05) is 6.42 Å². The molecule has 0 fully saturated rings. The van der Waals surface area contributed by atoms with Crippen LogP contribution in [0.15, 0.2) is 24.3 Å². The van der Waals surface area contributed by atoms with Crippen molar-refractivity contribution in [1.29, 1.82) is 0 Å². The molecular weight excluding hydrogens is 252 g/mol. The highest BCUT2D eigenvalue weighted by atomic mass is 19.4. The average molecular weight is 266 g/mol. The summed E-state index contributed by atoms with van der Waals surface area (Å²) >= 11 is 0. The Kier molecular flexibility index (Phi) is 7.00. The van der Waals surface area contributed by atoms with Crippen LogP contribution in [0.4, 0.5) is 17.6 Å². The lowest BCUT2D eigenvalue weighted by Gasteiger charge is -2.04. The van der Waals surface area contributed by atoms with E-state index in [9.17, 15) is 22.4 Å². The lowest BCUT2D eigenvalue weighted by Crippen LogP contribution is -2.04. The average Bonchev–Trinajstić information content (AvgIpc) is 2.26. The van der Waals surface area contributed by atoms with Gasteiger partial charge in [-0.05, 0) is 24.6 Å². The van der Waals surface area contributed by atoms with Gasteiger partial charge in [0.25, 0.3) is 0 Å². The van der Waals surface area contributed by atoms with Crippen molar-refractivity contribution in [2.45, 2.75) is 32.4 Å². The summed E-state index contributed by atoms with van der Waals surface area (Å²) in [5.41, 5.74) is -0.961. The van der Waals surface area contributed by atoms with E-state index in [2.05, 4.69) is 0 Å². The van der Waals surface area contributed by atoms with Crippen molar-refractivity contribution in [2.24, 2.45) is 0 Å². The lowest BCUT2D eigenvalue weighted by molar-refractivity contribution is -0.138. The Hall–Kier alpha value is -1.59. The van der Waals surface area contributed by atoms with Crippen molar-refractivity contribution >= 4 is 5.97 Å². The zero-order valence-electron chi connectivity index (χ0n) is 9.80. The highest BCUT2D eigenvalue weighted by Crippen LogP contribution is 2.29. The smallest absolute Gasteiger partial charge is 0.416 e. The van der Waals surface area contributed by atoms with E-state index in [-0.39, 0.29) is 0 Å². The number of hydrogen-bond donors (Lipinski definition) is 1. The van der Waals surface area contributed by atoms with E-state index in [1.54, 1.807) is 0 Å². The fraction of sp³-hybridized carbons (Fsp3) is 0.417. The fourth-order valence-electron chi connectivity index (χ4n) is 0.993. The molecule has 0 atom stereocenters. The molecule has 0 radical (unpaired) electrons. The van der Waals surface area contributed by atoms with Crippen LogP contribution in [0.5, 0.6) is 0 Å². The van der Waals surface area contributed by atoms with E-state index in [0.717, 1.165) is 31.0 Å². The van der Waals surface area contributed by atoms with Crippen LogP contribution in [0.2, 0.25) is 0 Å². The van der Waals surface area contributed by atoms with Gasteiger partial charge in [-0.1, -0.05) is 19.4 Å². The number of alkyl halides is 3. The van der Waals surface area contributed by atoms with Crippen molar-refractivity contribution in [3.8, 4) is 0 Å². The van der Waals surface area contributed by atoms with Crippen LogP contribution >= 0.6 is 0 Å². The quantitative estimate of drug-likeness (QED) is 0.836. The Labute approximate surface area is 102 Å². The van der Waals surface area contributed by atoms with Gasteiger partial charge in [-0.25, -0.2) is 4.39 Å². The highest BCUT2D eigenvalue weighted by molar-refractivity contribution is 5.66. The summed E-state index contributed by atoms with van der Waals surface area (Å²) in [5.74, 6) is -1.57. The third-order valence-electron chi connectivity index (χ3n) is 1.90. The van der Waals surface area contributed by atoms with Crippen LogP contribution in [-0.2, 0) is 11.0 Å². The molecule has 1 rings (SSSR count). The largest absolute Gasteiger partial charge is 0.481 e. The maximum atomic E-state index is 12.2. The number of aliphatic carboxylic acids is 1. The van der Waals surface area contributed by atoms with Gasteiger partial charge in [-0.3, -0.25) is 4.79 Å². The van der Waals surface area contributed by atoms with Gasteiger partial charge < -0.3 is 5.11 Å². The summed E-state index contributed by atoms with van der Waals surface area (Å²) in [4.78, 5) is 9.76. The first-order valence-corrected chi connectivity index (χ1v) is 5.32. The van der Waals surface area contributed by atoms with Crippen LogP contribution in [0.1, 0.15) is 31.7 Å². The van der Waals surface area contributed by atoms with Gasteiger partial charge >= 0.3 is 12.1 Å². The SMILES string of the molecule is CCCCC(=O)O.Fc1cccc(C(F)(F)F)c1. The monoisotopic (exact) mass is 266 g/mol. The molecule has 0 aliphatic rings. The molecule has 0 unspecified atom stereocenters. The molecule has 6 heteroatoms. The molecule has 0 heterocycles. The molecule has 1 aromatic rings. The summed E-state index contributed by atoms with van der Waals surface area (Å²) in [5, 5.41) is 8.04. The molecular formula is C12H14F4O2. The Balaban J connectivity index is 0.000000360. The number of unbranched alkanes of at least 4 members (excludes halogenated alkanes) is 1. The molecule has 0 aliphatic carbocycles. The zero-order valence-corrected chi connectivity index (χ0v) is 9.80. The Morgan fingerprint density at radius 2 is 1.94 bits per heavy atom. The van der Waals surface area contributed by atoms with Gasteiger partial charge in [0.1, 0.15) is 5.82 Å². The highest BCUT2D eigenvalue weighted by Gasteiger charge is 2.30. The molecule has 0 saturated carbocycles. The number of halogens is 4. The topological polar surface area (TPSA) is 37.3 Å². The lowest BCUT2D eigenvalue weighted by atomic mass is 10.2. The number of carboxylic acid groups (broad SMARTS) is 1. The number of carboxylic acids is 1. The first kappa shape index (κ1) is 16.4. The molecule has 0 bridgehead atoms. The predicted octanol–water partition coefficient (Wildman–Crippen LogP) is 4.11. The van der Waals surface area contributed by atoms with Crippen molar-refractivity contribution in [3.05, 3.63) is 35.6 Å². The Bertz CT molecular complexity index is 375. The molecule has 0 amide bonds. The first-order valence-electron chi connectivity index (χ1n) is 5.32. The molecule has 102 valence electrons. The van der Waals surface area contributed by atoms with Crippen molar-refractivity contribution in [3.63, 3.8) is 0 Å². The summed E-state index contributed by atoms with van der Waals surface area (Å²) in [6, 6.07) is 3.27.